The maximum Gasteiger partial charge on any atom is 0.309 e. The minimum Gasteiger partial charge on any atom is -0.481 e. The van der Waals surface area contributed by atoms with Gasteiger partial charge in [-0.3, -0.25) is 9.69 Å². The fourth-order valence-corrected chi connectivity index (χ4v) is 4.19. The van der Waals surface area contributed by atoms with Crippen molar-refractivity contribution in [1.82, 2.24) is 14.5 Å². The van der Waals surface area contributed by atoms with Crippen LogP contribution < -0.4 is 0 Å². The van der Waals surface area contributed by atoms with E-state index in [1.165, 1.54) is 19.3 Å². The normalized spacial score (nSPS) is 16.3. The second-order valence-electron chi connectivity index (χ2n) is 8.89. The molecule has 0 saturated carbocycles. The second kappa shape index (κ2) is 9.31. The smallest absolute Gasteiger partial charge is 0.309 e. The summed E-state index contributed by atoms with van der Waals surface area (Å²) in [5.41, 5.74) is 1.17. The van der Waals surface area contributed by atoms with Crippen molar-refractivity contribution in [2.45, 2.75) is 59.5 Å². The zero-order valence-corrected chi connectivity index (χ0v) is 18.5. The van der Waals surface area contributed by atoms with E-state index in [1.54, 1.807) is 13.8 Å². The van der Waals surface area contributed by atoms with Gasteiger partial charge in [0.25, 0.3) is 0 Å². The van der Waals surface area contributed by atoms with Crippen LogP contribution in [0.3, 0.4) is 0 Å². The summed E-state index contributed by atoms with van der Waals surface area (Å²) in [6, 6.07) is 5.82. The molecule has 1 fully saturated rings. The number of nitrogens with zero attached hydrogens (tertiary/aromatic N) is 3. The van der Waals surface area contributed by atoms with E-state index in [0.717, 1.165) is 42.5 Å². The molecular formula is C23H32ClN3O2. The molecule has 2 aromatic rings. The van der Waals surface area contributed by atoms with E-state index < -0.39 is 11.4 Å². The third-order valence-electron chi connectivity index (χ3n) is 6.13. The lowest BCUT2D eigenvalue weighted by molar-refractivity contribution is -0.146. The molecule has 0 aliphatic carbocycles. The van der Waals surface area contributed by atoms with Crippen LogP contribution in [0, 0.1) is 11.3 Å². The Kier molecular flexibility index (Phi) is 7.01. The average molecular weight is 418 g/mol. The molecule has 158 valence electrons. The molecule has 0 amide bonds. The van der Waals surface area contributed by atoms with E-state index in [1.807, 2.05) is 30.6 Å². The van der Waals surface area contributed by atoms with Crippen LogP contribution in [0.4, 0.5) is 0 Å². The molecule has 1 saturated heterocycles. The summed E-state index contributed by atoms with van der Waals surface area (Å²) in [4.78, 5) is 18.5. The molecule has 0 bridgehead atoms. The molecule has 1 aromatic heterocycles. The molecule has 5 nitrogen and oxygen atoms in total. The molecule has 2 heterocycles. The van der Waals surface area contributed by atoms with Crippen molar-refractivity contribution in [2.24, 2.45) is 11.3 Å². The molecule has 1 aliphatic rings. The number of hydrogen-bond acceptors (Lipinski definition) is 3. The molecule has 0 spiro atoms. The van der Waals surface area contributed by atoms with Crippen molar-refractivity contribution in [2.75, 3.05) is 13.1 Å². The number of hydrogen-bond donors (Lipinski definition) is 1. The van der Waals surface area contributed by atoms with Gasteiger partial charge < -0.3 is 9.67 Å². The SMILES string of the molecule is CCC1CCN(Cc2nccn2Cc2cc(CC(C)(C)C(=O)O)ccc2Cl)CC1. The summed E-state index contributed by atoms with van der Waals surface area (Å²) >= 11 is 6.46. The summed E-state index contributed by atoms with van der Waals surface area (Å²) in [5, 5.41) is 10.1. The largest absolute Gasteiger partial charge is 0.481 e. The third kappa shape index (κ3) is 5.61. The monoisotopic (exact) mass is 417 g/mol. The Morgan fingerprint density at radius 3 is 2.66 bits per heavy atom. The number of likely N-dealkylation sites (tertiary alicyclic amines) is 1. The van der Waals surface area contributed by atoms with E-state index in [-0.39, 0.29) is 0 Å². The number of rotatable bonds is 8. The molecule has 3 rings (SSSR count). The van der Waals surface area contributed by atoms with E-state index in [4.69, 9.17) is 11.6 Å². The van der Waals surface area contributed by atoms with Crippen molar-refractivity contribution >= 4 is 17.6 Å². The Morgan fingerprint density at radius 2 is 2.00 bits per heavy atom. The van der Waals surface area contributed by atoms with Crippen LogP contribution in [0.15, 0.2) is 30.6 Å². The summed E-state index contributed by atoms with van der Waals surface area (Å²) in [7, 11) is 0. The van der Waals surface area contributed by atoms with Gasteiger partial charge >= 0.3 is 5.97 Å². The van der Waals surface area contributed by atoms with Crippen LogP contribution in [0.5, 0.6) is 0 Å². The van der Waals surface area contributed by atoms with Gasteiger partial charge in [0.1, 0.15) is 5.82 Å². The highest BCUT2D eigenvalue weighted by Gasteiger charge is 2.27. The first-order valence-electron chi connectivity index (χ1n) is 10.5. The number of aromatic nitrogens is 2. The Balaban J connectivity index is 1.70. The molecule has 0 atom stereocenters. The van der Waals surface area contributed by atoms with Crippen LogP contribution in [0.25, 0.3) is 0 Å². The maximum absolute atomic E-state index is 11.5. The zero-order valence-electron chi connectivity index (χ0n) is 17.7. The minimum absolute atomic E-state index is 0.468. The molecule has 0 unspecified atom stereocenters. The maximum atomic E-state index is 11.5. The summed E-state index contributed by atoms with van der Waals surface area (Å²) < 4.78 is 2.15. The molecule has 1 N–H and O–H groups in total. The fourth-order valence-electron chi connectivity index (χ4n) is 4.02. The van der Waals surface area contributed by atoms with Gasteiger partial charge in [-0.05, 0) is 69.3 Å². The first-order valence-corrected chi connectivity index (χ1v) is 10.9. The predicted molar refractivity (Wildman–Crippen MR) is 116 cm³/mol. The number of carboxylic acids is 1. The van der Waals surface area contributed by atoms with Crippen molar-refractivity contribution in [3.8, 4) is 0 Å². The van der Waals surface area contributed by atoms with E-state index in [2.05, 4.69) is 21.4 Å². The van der Waals surface area contributed by atoms with Crippen LogP contribution in [-0.2, 0) is 24.3 Å². The van der Waals surface area contributed by atoms with Gasteiger partial charge in [-0.2, -0.15) is 0 Å². The Labute approximate surface area is 178 Å². The number of aliphatic carboxylic acids is 1. The highest BCUT2D eigenvalue weighted by molar-refractivity contribution is 6.31. The quantitative estimate of drug-likeness (QED) is 0.666. The Bertz CT molecular complexity index is 838. The number of carboxylic acid groups (broad SMARTS) is 1. The number of benzene rings is 1. The predicted octanol–water partition coefficient (Wildman–Crippen LogP) is 4.86. The first-order chi connectivity index (χ1) is 13.8. The van der Waals surface area contributed by atoms with Crippen molar-refractivity contribution in [3.63, 3.8) is 0 Å². The van der Waals surface area contributed by atoms with E-state index in [0.29, 0.717) is 18.0 Å². The summed E-state index contributed by atoms with van der Waals surface area (Å²) in [6.07, 6.45) is 8.12. The standard InChI is InChI=1S/C23H32ClN3O2/c1-4-17-7-10-26(11-8-17)16-21-25-9-12-27(21)15-19-13-18(5-6-20(19)24)14-23(2,3)22(28)29/h5-6,9,12-13,17H,4,7-8,10-11,14-16H2,1-3H3,(H,28,29). The van der Waals surface area contributed by atoms with Gasteiger partial charge in [0.05, 0.1) is 18.5 Å². The van der Waals surface area contributed by atoms with Gasteiger partial charge in [-0.25, -0.2) is 4.98 Å². The van der Waals surface area contributed by atoms with Crippen molar-refractivity contribution in [1.29, 1.82) is 0 Å². The lowest BCUT2D eigenvalue weighted by Crippen LogP contribution is -2.34. The summed E-state index contributed by atoms with van der Waals surface area (Å²) in [6.45, 7) is 9.53. The lowest BCUT2D eigenvalue weighted by atomic mass is 9.85. The zero-order chi connectivity index (χ0) is 21.0. The average Bonchev–Trinajstić information content (AvgIpc) is 3.11. The highest BCUT2D eigenvalue weighted by atomic mass is 35.5. The van der Waals surface area contributed by atoms with E-state index >= 15 is 0 Å². The van der Waals surface area contributed by atoms with Crippen LogP contribution >= 0.6 is 11.6 Å². The molecule has 6 heteroatoms. The molecular weight excluding hydrogens is 386 g/mol. The minimum atomic E-state index is -0.810. The van der Waals surface area contributed by atoms with Gasteiger partial charge in [0, 0.05) is 17.4 Å². The number of piperidine rings is 1. The topological polar surface area (TPSA) is 58.4 Å². The molecule has 29 heavy (non-hydrogen) atoms. The van der Waals surface area contributed by atoms with Gasteiger partial charge in [-0.15, -0.1) is 0 Å². The van der Waals surface area contributed by atoms with Gasteiger partial charge in [0.15, 0.2) is 0 Å². The van der Waals surface area contributed by atoms with Gasteiger partial charge in [0.2, 0.25) is 0 Å². The number of halogens is 1. The van der Waals surface area contributed by atoms with E-state index in [9.17, 15) is 9.90 Å². The lowest BCUT2D eigenvalue weighted by Gasteiger charge is -2.31. The fraction of sp³-hybridized carbons (Fsp3) is 0.565. The Hall–Kier alpha value is -1.85. The summed E-state index contributed by atoms with van der Waals surface area (Å²) in [5.74, 6) is 1.12. The van der Waals surface area contributed by atoms with Crippen molar-refractivity contribution in [3.05, 3.63) is 52.6 Å². The molecule has 0 radical (unpaired) electrons. The Morgan fingerprint density at radius 1 is 1.28 bits per heavy atom. The highest BCUT2D eigenvalue weighted by Crippen LogP contribution is 2.26. The molecule has 1 aliphatic heterocycles. The number of imidazole rings is 1. The first kappa shape index (κ1) is 21.8. The second-order valence-corrected chi connectivity index (χ2v) is 9.30. The van der Waals surface area contributed by atoms with Gasteiger partial charge in [-0.1, -0.05) is 37.1 Å². The van der Waals surface area contributed by atoms with Crippen LogP contribution in [-0.4, -0.2) is 38.6 Å². The van der Waals surface area contributed by atoms with Crippen molar-refractivity contribution < 1.29 is 9.90 Å². The number of carbonyl (C=O) groups is 1. The molecule has 1 aromatic carbocycles. The van der Waals surface area contributed by atoms with Crippen LogP contribution in [0.1, 0.15) is 57.0 Å². The van der Waals surface area contributed by atoms with Crippen LogP contribution in [0.2, 0.25) is 5.02 Å². The third-order valence-corrected chi connectivity index (χ3v) is 6.50.